The predicted molar refractivity (Wildman–Crippen MR) is 124 cm³/mol. The average molecular weight is 482 g/mol. The molecule has 4 rings (SSSR count). The number of nitrogens with zero attached hydrogens (tertiary/aromatic N) is 3. The number of ether oxygens (including phenoxy) is 1. The minimum absolute atomic E-state index is 0.0397. The molecule has 0 bridgehead atoms. The molecule has 8 nitrogen and oxygen atoms in total. The number of nitro benzene ring substituents is 1. The Morgan fingerprint density at radius 2 is 1.94 bits per heavy atom. The molecule has 0 N–H and O–H groups in total. The zero-order valence-electron chi connectivity index (χ0n) is 17.2. The molecule has 0 fully saturated rings. The number of aryl methyl sites for hydroxylation is 1. The predicted octanol–water partition coefficient (Wildman–Crippen LogP) is 5.07. The second-order valence-corrected chi connectivity index (χ2v) is 8.59. The Morgan fingerprint density at radius 1 is 1.18 bits per heavy atom. The van der Waals surface area contributed by atoms with Crippen LogP contribution in [0.25, 0.3) is 5.65 Å². The molecular formula is C23H16ClN3O5S. The minimum Gasteiger partial charge on any atom is -0.456 e. The second-order valence-electron chi connectivity index (χ2n) is 7.04. The van der Waals surface area contributed by atoms with E-state index in [1.54, 1.807) is 36.5 Å². The van der Waals surface area contributed by atoms with Crippen LogP contribution in [0.3, 0.4) is 0 Å². The Hall–Kier alpha value is -3.69. The third-order valence-electron chi connectivity index (χ3n) is 4.73. The SMILES string of the molecule is Cc1cccn2c(=O)cc(COC(=O)c3cc([N+](=O)[O-])ccc3Sc3ccc(Cl)cc3)nc12. The van der Waals surface area contributed by atoms with E-state index < -0.39 is 10.9 Å². The van der Waals surface area contributed by atoms with E-state index in [1.807, 2.05) is 13.0 Å². The lowest BCUT2D eigenvalue weighted by atomic mass is 10.2. The van der Waals surface area contributed by atoms with E-state index in [-0.39, 0.29) is 29.1 Å². The number of hydrogen-bond acceptors (Lipinski definition) is 7. The first-order valence-electron chi connectivity index (χ1n) is 9.69. The lowest BCUT2D eigenvalue weighted by molar-refractivity contribution is -0.384. The van der Waals surface area contributed by atoms with E-state index in [1.165, 1.54) is 40.4 Å². The molecule has 0 unspecified atom stereocenters. The van der Waals surface area contributed by atoms with Crippen molar-refractivity contribution in [3.8, 4) is 0 Å². The maximum Gasteiger partial charge on any atom is 0.339 e. The first-order valence-corrected chi connectivity index (χ1v) is 10.9. The molecule has 0 aliphatic rings. The van der Waals surface area contributed by atoms with Gasteiger partial charge in [-0.25, -0.2) is 9.78 Å². The van der Waals surface area contributed by atoms with Crippen molar-refractivity contribution in [3.63, 3.8) is 0 Å². The van der Waals surface area contributed by atoms with Crippen LogP contribution in [0.15, 0.2) is 81.4 Å². The number of pyridine rings is 1. The van der Waals surface area contributed by atoms with E-state index >= 15 is 0 Å². The molecule has 0 saturated heterocycles. The molecule has 0 amide bonds. The van der Waals surface area contributed by atoms with Gasteiger partial charge in [-0.15, -0.1) is 0 Å². The largest absolute Gasteiger partial charge is 0.456 e. The van der Waals surface area contributed by atoms with E-state index in [0.29, 0.717) is 15.6 Å². The maximum absolute atomic E-state index is 12.9. The summed E-state index contributed by atoms with van der Waals surface area (Å²) in [6.07, 6.45) is 1.61. The molecule has 0 spiro atoms. The lowest BCUT2D eigenvalue weighted by Crippen LogP contribution is -2.17. The van der Waals surface area contributed by atoms with E-state index in [4.69, 9.17) is 16.3 Å². The summed E-state index contributed by atoms with van der Waals surface area (Å²) < 4.78 is 6.79. The number of carbonyl (C=O) groups excluding carboxylic acids is 1. The molecule has 4 aromatic rings. The summed E-state index contributed by atoms with van der Waals surface area (Å²) in [5, 5.41) is 11.8. The van der Waals surface area contributed by atoms with Crippen molar-refractivity contribution in [2.75, 3.05) is 0 Å². The Bertz CT molecular complexity index is 1440. The number of esters is 1. The number of benzene rings is 2. The van der Waals surface area contributed by atoms with Crippen molar-refractivity contribution < 1.29 is 14.5 Å². The van der Waals surface area contributed by atoms with Gasteiger partial charge in [0, 0.05) is 39.2 Å². The first kappa shape index (κ1) is 22.5. The number of rotatable bonds is 6. The van der Waals surface area contributed by atoms with Gasteiger partial charge in [-0.3, -0.25) is 19.3 Å². The minimum atomic E-state index is -0.762. The first-order chi connectivity index (χ1) is 15.8. The van der Waals surface area contributed by atoms with Gasteiger partial charge in [0.15, 0.2) is 0 Å². The quantitative estimate of drug-likeness (QED) is 0.215. The van der Waals surface area contributed by atoms with Crippen LogP contribution >= 0.6 is 23.4 Å². The van der Waals surface area contributed by atoms with Crippen LogP contribution in [0.1, 0.15) is 21.6 Å². The van der Waals surface area contributed by atoms with Crippen molar-refractivity contribution in [1.29, 1.82) is 0 Å². The van der Waals surface area contributed by atoms with Gasteiger partial charge in [-0.1, -0.05) is 29.4 Å². The number of nitro groups is 1. The highest BCUT2D eigenvalue weighted by Gasteiger charge is 2.19. The summed E-state index contributed by atoms with van der Waals surface area (Å²) in [6, 6.07) is 15.8. The van der Waals surface area contributed by atoms with Crippen molar-refractivity contribution >= 4 is 40.7 Å². The fourth-order valence-corrected chi connectivity index (χ4v) is 4.15. The maximum atomic E-state index is 12.9. The summed E-state index contributed by atoms with van der Waals surface area (Å²) in [5.74, 6) is -0.762. The number of halogens is 1. The number of aromatic nitrogens is 2. The van der Waals surface area contributed by atoms with E-state index in [0.717, 1.165) is 10.5 Å². The third-order valence-corrected chi connectivity index (χ3v) is 6.06. The zero-order valence-corrected chi connectivity index (χ0v) is 18.8. The van der Waals surface area contributed by atoms with Gasteiger partial charge in [-0.2, -0.15) is 0 Å². The molecule has 166 valence electrons. The van der Waals surface area contributed by atoms with E-state index in [9.17, 15) is 19.7 Å². The van der Waals surface area contributed by atoms with Crippen molar-refractivity contribution in [3.05, 3.63) is 109 Å². The summed E-state index contributed by atoms with van der Waals surface area (Å²) in [4.78, 5) is 41.6. The molecule has 0 aliphatic carbocycles. The molecule has 0 aliphatic heterocycles. The summed E-state index contributed by atoms with van der Waals surface area (Å²) in [6.45, 7) is 1.56. The van der Waals surface area contributed by atoms with Crippen LogP contribution in [-0.2, 0) is 11.3 Å². The molecule has 0 radical (unpaired) electrons. The zero-order chi connectivity index (χ0) is 23.5. The summed E-state index contributed by atoms with van der Waals surface area (Å²) in [5.41, 5.74) is 1.04. The van der Waals surface area contributed by atoms with Crippen molar-refractivity contribution in [2.24, 2.45) is 0 Å². The number of carbonyl (C=O) groups is 1. The highest BCUT2D eigenvalue weighted by molar-refractivity contribution is 7.99. The van der Waals surface area contributed by atoms with Crippen LogP contribution in [-0.4, -0.2) is 20.3 Å². The third kappa shape index (κ3) is 5.05. The number of hydrogen-bond donors (Lipinski definition) is 0. The van der Waals surface area contributed by atoms with Gasteiger partial charge in [0.05, 0.1) is 16.2 Å². The van der Waals surface area contributed by atoms with Gasteiger partial charge in [-0.05, 0) is 48.9 Å². The van der Waals surface area contributed by atoms with Crippen LogP contribution in [0, 0.1) is 17.0 Å². The smallest absolute Gasteiger partial charge is 0.339 e. The Kier molecular flexibility index (Phi) is 6.43. The molecule has 2 aromatic heterocycles. The Morgan fingerprint density at radius 3 is 2.67 bits per heavy atom. The molecule has 2 heterocycles. The molecule has 10 heteroatoms. The second kappa shape index (κ2) is 9.43. The standard InChI is InChI=1S/C23H16ClN3O5S/c1-14-3-2-10-26-21(28)11-16(25-22(14)26)13-32-23(29)19-12-17(27(30)31)6-9-20(19)33-18-7-4-15(24)5-8-18/h2-12H,13H2,1H3. The fraction of sp³-hybridized carbons (Fsp3) is 0.0870. The topological polar surface area (TPSA) is 104 Å². The summed E-state index contributed by atoms with van der Waals surface area (Å²) in [7, 11) is 0. The van der Waals surface area contributed by atoms with Gasteiger partial charge in [0.2, 0.25) is 0 Å². The van der Waals surface area contributed by atoms with Gasteiger partial charge in [0.25, 0.3) is 11.2 Å². The van der Waals surface area contributed by atoms with Crippen molar-refractivity contribution in [2.45, 2.75) is 23.3 Å². The fourth-order valence-electron chi connectivity index (χ4n) is 3.11. The molecule has 33 heavy (non-hydrogen) atoms. The molecular weight excluding hydrogens is 466 g/mol. The van der Waals surface area contributed by atoms with Gasteiger partial charge < -0.3 is 4.74 Å². The van der Waals surface area contributed by atoms with Crippen LogP contribution in [0.2, 0.25) is 5.02 Å². The normalized spacial score (nSPS) is 10.8. The van der Waals surface area contributed by atoms with Crippen LogP contribution in [0.5, 0.6) is 0 Å². The van der Waals surface area contributed by atoms with E-state index in [2.05, 4.69) is 4.98 Å². The van der Waals surface area contributed by atoms with Gasteiger partial charge >= 0.3 is 5.97 Å². The highest BCUT2D eigenvalue weighted by atomic mass is 35.5. The Balaban J connectivity index is 1.61. The van der Waals surface area contributed by atoms with Crippen molar-refractivity contribution in [1.82, 2.24) is 9.38 Å². The van der Waals surface area contributed by atoms with Gasteiger partial charge in [0.1, 0.15) is 12.3 Å². The summed E-state index contributed by atoms with van der Waals surface area (Å²) >= 11 is 7.17. The van der Waals surface area contributed by atoms with Crippen LogP contribution < -0.4 is 5.56 Å². The monoisotopic (exact) mass is 481 g/mol. The highest BCUT2D eigenvalue weighted by Crippen LogP contribution is 2.33. The number of fused-ring (bicyclic) bond motifs is 1. The molecule has 2 aromatic carbocycles. The average Bonchev–Trinajstić information content (AvgIpc) is 2.80. The number of non-ortho nitro benzene ring substituents is 1. The molecule has 0 atom stereocenters. The van der Waals surface area contributed by atoms with Crippen LogP contribution in [0.4, 0.5) is 5.69 Å². The lowest BCUT2D eigenvalue weighted by Gasteiger charge is -2.10. The molecule has 0 saturated carbocycles. The Labute approximate surface area is 197 Å².